The lowest BCUT2D eigenvalue weighted by atomic mass is 10.2. The fraction of sp³-hybridized carbons (Fsp3) is 0.529. The van der Waals surface area contributed by atoms with Gasteiger partial charge in [-0.25, -0.2) is 8.42 Å². The minimum absolute atomic E-state index is 0.0117. The summed E-state index contributed by atoms with van der Waals surface area (Å²) in [6.45, 7) is 2.60. The van der Waals surface area contributed by atoms with Crippen molar-refractivity contribution in [3.8, 4) is 6.07 Å². The zero-order valence-corrected chi connectivity index (χ0v) is 15.4. The van der Waals surface area contributed by atoms with E-state index in [4.69, 9.17) is 5.26 Å². The number of carbonyl (C=O) groups is 1. The standard InChI is InChI=1S/C17H22N2O3S2/c1-2-8-19(16-7-9-24(21,22)13-16)17(20)12-23-11-15-5-3-14(10-18)4-6-15/h3-6,16H,2,7-9,11-13H2,1H3/t16-/m1/s1. The van der Waals surface area contributed by atoms with Gasteiger partial charge in [0.15, 0.2) is 9.84 Å². The lowest BCUT2D eigenvalue weighted by molar-refractivity contribution is -0.130. The van der Waals surface area contributed by atoms with Crippen LogP contribution in [-0.2, 0) is 20.4 Å². The molecule has 5 nitrogen and oxygen atoms in total. The molecule has 0 radical (unpaired) electrons. The molecular formula is C17H22N2O3S2. The Morgan fingerprint density at radius 3 is 2.62 bits per heavy atom. The van der Waals surface area contributed by atoms with Gasteiger partial charge in [-0.2, -0.15) is 5.26 Å². The molecule has 1 heterocycles. The van der Waals surface area contributed by atoms with Gasteiger partial charge in [0.05, 0.1) is 28.9 Å². The van der Waals surface area contributed by atoms with Gasteiger partial charge < -0.3 is 4.90 Å². The highest BCUT2D eigenvalue weighted by atomic mass is 32.2. The Morgan fingerprint density at radius 1 is 1.38 bits per heavy atom. The third kappa shape index (κ3) is 5.25. The molecule has 24 heavy (non-hydrogen) atoms. The molecule has 0 bridgehead atoms. The van der Waals surface area contributed by atoms with E-state index in [0.717, 1.165) is 12.0 Å². The molecule has 1 aliphatic heterocycles. The Morgan fingerprint density at radius 2 is 2.08 bits per heavy atom. The third-order valence-corrected chi connectivity index (χ3v) is 6.75. The number of rotatable bonds is 7. The fourth-order valence-corrected chi connectivity index (χ4v) is 5.39. The van der Waals surface area contributed by atoms with E-state index in [0.29, 0.717) is 30.0 Å². The minimum atomic E-state index is -2.99. The monoisotopic (exact) mass is 366 g/mol. The first-order valence-corrected chi connectivity index (χ1v) is 11.0. The quantitative estimate of drug-likeness (QED) is 0.739. The predicted octanol–water partition coefficient (Wildman–Crippen LogP) is 2.22. The summed E-state index contributed by atoms with van der Waals surface area (Å²) in [6, 6.07) is 9.23. The number of benzene rings is 1. The van der Waals surface area contributed by atoms with E-state index < -0.39 is 9.84 Å². The van der Waals surface area contributed by atoms with Crippen molar-refractivity contribution >= 4 is 27.5 Å². The van der Waals surface area contributed by atoms with Crippen LogP contribution in [0.3, 0.4) is 0 Å². The van der Waals surface area contributed by atoms with Crippen LogP contribution >= 0.6 is 11.8 Å². The second-order valence-electron chi connectivity index (χ2n) is 5.95. The van der Waals surface area contributed by atoms with Crippen molar-refractivity contribution in [2.24, 2.45) is 0 Å². The summed E-state index contributed by atoms with van der Waals surface area (Å²) in [5.74, 6) is 1.33. The van der Waals surface area contributed by atoms with Crippen LogP contribution in [0.15, 0.2) is 24.3 Å². The smallest absolute Gasteiger partial charge is 0.232 e. The van der Waals surface area contributed by atoms with Gasteiger partial charge in [0.1, 0.15) is 0 Å². The number of thioether (sulfide) groups is 1. The lowest BCUT2D eigenvalue weighted by Crippen LogP contribution is -2.42. The average molecular weight is 367 g/mol. The topological polar surface area (TPSA) is 78.2 Å². The van der Waals surface area contributed by atoms with Gasteiger partial charge in [-0.15, -0.1) is 11.8 Å². The van der Waals surface area contributed by atoms with Gasteiger partial charge >= 0.3 is 0 Å². The van der Waals surface area contributed by atoms with Crippen molar-refractivity contribution in [1.29, 1.82) is 5.26 Å². The van der Waals surface area contributed by atoms with E-state index in [-0.39, 0.29) is 23.5 Å². The number of sulfone groups is 1. The molecule has 7 heteroatoms. The van der Waals surface area contributed by atoms with Crippen LogP contribution in [0.5, 0.6) is 0 Å². The van der Waals surface area contributed by atoms with Crippen LogP contribution in [0.2, 0.25) is 0 Å². The largest absolute Gasteiger partial charge is 0.338 e. The van der Waals surface area contributed by atoms with E-state index in [1.165, 1.54) is 11.8 Å². The summed E-state index contributed by atoms with van der Waals surface area (Å²) < 4.78 is 23.3. The Kier molecular flexibility index (Phi) is 6.69. The summed E-state index contributed by atoms with van der Waals surface area (Å²) in [5, 5.41) is 8.78. The maximum Gasteiger partial charge on any atom is 0.232 e. The lowest BCUT2D eigenvalue weighted by Gasteiger charge is -2.27. The number of nitriles is 1. The van der Waals surface area contributed by atoms with Gasteiger partial charge in [0, 0.05) is 18.3 Å². The average Bonchev–Trinajstić information content (AvgIpc) is 2.92. The minimum Gasteiger partial charge on any atom is -0.338 e. The molecule has 1 atom stereocenters. The molecule has 1 fully saturated rings. The van der Waals surface area contributed by atoms with Crippen molar-refractivity contribution in [2.75, 3.05) is 23.8 Å². The van der Waals surface area contributed by atoms with Crippen molar-refractivity contribution in [3.05, 3.63) is 35.4 Å². The highest BCUT2D eigenvalue weighted by Crippen LogP contribution is 2.20. The zero-order valence-electron chi connectivity index (χ0n) is 13.8. The molecule has 1 aliphatic rings. The Labute approximate surface area is 148 Å². The molecule has 0 aliphatic carbocycles. The first-order valence-electron chi connectivity index (χ1n) is 8.02. The molecule has 0 saturated carbocycles. The zero-order chi connectivity index (χ0) is 17.6. The summed E-state index contributed by atoms with van der Waals surface area (Å²) in [4.78, 5) is 14.2. The Bertz CT molecular complexity index is 708. The van der Waals surface area contributed by atoms with Crippen LogP contribution in [0.4, 0.5) is 0 Å². The highest BCUT2D eigenvalue weighted by Gasteiger charge is 2.33. The Hall–Kier alpha value is -1.52. The molecule has 0 N–H and O–H groups in total. The first kappa shape index (κ1) is 18.8. The summed E-state index contributed by atoms with van der Waals surface area (Å²) in [6.07, 6.45) is 1.37. The van der Waals surface area contributed by atoms with Gasteiger partial charge in [-0.3, -0.25) is 4.79 Å². The van der Waals surface area contributed by atoms with Crippen LogP contribution in [0.1, 0.15) is 30.9 Å². The van der Waals surface area contributed by atoms with Gasteiger partial charge in [0.2, 0.25) is 5.91 Å². The van der Waals surface area contributed by atoms with E-state index in [9.17, 15) is 13.2 Å². The number of amides is 1. The van der Waals surface area contributed by atoms with Crippen LogP contribution < -0.4 is 0 Å². The number of hydrogen-bond acceptors (Lipinski definition) is 5. The molecule has 1 aromatic rings. The normalized spacial score (nSPS) is 18.9. The first-order chi connectivity index (χ1) is 11.4. The fourth-order valence-electron chi connectivity index (χ4n) is 2.79. The molecular weight excluding hydrogens is 344 g/mol. The van der Waals surface area contributed by atoms with Crippen molar-refractivity contribution in [3.63, 3.8) is 0 Å². The van der Waals surface area contributed by atoms with Crippen molar-refractivity contribution in [2.45, 2.75) is 31.6 Å². The molecule has 130 valence electrons. The van der Waals surface area contributed by atoms with Crippen LogP contribution in [0.25, 0.3) is 0 Å². The second kappa shape index (κ2) is 8.54. The van der Waals surface area contributed by atoms with E-state index in [1.54, 1.807) is 17.0 Å². The van der Waals surface area contributed by atoms with E-state index in [1.807, 2.05) is 19.1 Å². The molecule has 2 rings (SSSR count). The van der Waals surface area contributed by atoms with Gasteiger partial charge in [-0.05, 0) is 30.5 Å². The third-order valence-electron chi connectivity index (χ3n) is 4.01. The predicted molar refractivity (Wildman–Crippen MR) is 96.4 cm³/mol. The molecule has 0 spiro atoms. The SMILES string of the molecule is CCCN(C(=O)CSCc1ccc(C#N)cc1)[C@@H]1CCS(=O)(=O)C1. The maximum atomic E-state index is 12.5. The second-order valence-corrected chi connectivity index (χ2v) is 9.16. The number of carbonyl (C=O) groups excluding carboxylic acids is 1. The summed E-state index contributed by atoms with van der Waals surface area (Å²) in [5.41, 5.74) is 1.69. The van der Waals surface area contributed by atoms with Crippen molar-refractivity contribution in [1.82, 2.24) is 4.90 Å². The van der Waals surface area contributed by atoms with Gasteiger partial charge in [0.25, 0.3) is 0 Å². The maximum absolute atomic E-state index is 12.5. The molecule has 0 unspecified atom stereocenters. The van der Waals surface area contributed by atoms with E-state index >= 15 is 0 Å². The van der Waals surface area contributed by atoms with E-state index in [2.05, 4.69) is 6.07 Å². The summed E-state index contributed by atoms with van der Waals surface area (Å²) in [7, 11) is -2.99. The number of nitrogens with zero attached hydrogens (tertiary/aromatic N) is 2. The van der Waals surface area contributed by atoms with Gasteiger partial charge in [-0.1, -0.05) is 19.1 Å². The highest BCUT2D eigenvalue weighted by molar-refractivity contribution is 7.99. The van der Waals surface area contributed by atoms with Crippen LogP contribution in [-0.4, -0.2) is 49.1 Å². The Balaban J connectivity index is 1.87. The number of hydrogen-bond donors (Lipinski definition) is 0. The molecule has 1 aromatic carbocycles. The van der Waals surface area contributed by atoms with Crippen molar-refractivity contribution < 1.29 is 13.2 Å². The summed E-state index contributed by atoms with van der Waals surface area (Å²) >= 11 is 1.52. The molecule has 0 aromatic heterocycles. The molecule has 1 amide bonds. The van der Waals surface area contributed by atoms with Crippen LogP contribution in [0, 0.1) is 11.3 Å². The molecule has 1 saturated heterocycles.